The number of ketones is 1. The Morgan fingerprint density at radius 1 is 1.46 bits per heavy atom. The van der Waals surface area contributed by atoms with Crippen molar-refractivity contribution in [2.24, 2.45) is 9.52 Å². The van der Waals surface area contributed by atoms with Gasteiger partial charge in [-0.25, -0.2) is 4.21 Å². The lowest BCUT2D eigenvalue weighted by atomic mass is 9.96. The molecule has 1 aliphatic rings. The number of halogens is 4. The molecule has 0 amide bonds. The van der Waals surface area contributed by atoms with Crippen molar-refractivity contribution in [2.45, 2.75) is 18.7 Å². The number of alkyl halides is 4. The lowest BCUT2D eigenvalue weighted by Crippen LogP contribution is -2.16. The quantitative estimate of drug-likeness (QED) is 0.746. The maximum Gasteiger partial charge on any atom is 0.416 e. The predicted molar refractivity (Wildman–Crippen MR) is 85.1 cm³/mol. The summed E-state index contributed by atoms with van der Waals surface area (Å²) in [6, 6.07) is 3.38. The fraction of sp³-hybridized carbons (Fsp3) is 0.429. The third-order valence-corrected chi connectivity index (χ3v) is 4.02. The largest absolute Gasteiger partial charge is 0.416 e. The van der Waals surface area contributed by atoms with Crippen LogP contribution in [0.4, 0.5) is 18.9 Å². The van der Waals surface area contributed by atoms with Crippen LogP contribution in [-0.4, -0.2) is 34.1 Å². The molecule has 0 spiro atoms. The molecule has 1 aliphatic heterocycles. The molecule has 0 saturated carbocycles. The van der Waals surface area contributed by atoms with E-state index in [1.54, 1.807) is 0 Å². The molecule has 0 fully saturated rings. The fourth-order valence-electron chi connectivity index (χ4n) is 2.23. The van der Waals surface area contributed by atoms with E-state index in [0.29, 0.717) is 0 Å². The molecule has 24 heavy (non-hydrogen) atoms. The highest BCUT2D eigenvalue weighted by molar-refractivity contribution is 7.92. The van der Waals surface area contributed by atoms with Gasteiger partial charge in [0.1, 0.15) is 5.71 Å². The molecule has 5 nitrogen and oxygen atoms in total. The van der Waals surface area contributed by atoms with Gasteiger partial charge in [-0.1, -0.05) is 11.2 Å². The molecule has 0 aromatic heterocycles. The number of hydrogen-bond donors (Lipinski definition) is 0. The molecule has 1 unspecified atom stereocenters. The first-order valence-electron chi connectivity index (χ1n) is 6.72. The van der Waals surface area contributed by atoms with E-state index in [-0.39, 0.29) is 29.3 Å². The minimum atomic E-state index is -4.66. The monoisotopic (exact) mass is 382 g/mol. The summed E-state index contributed by atoms with van der Waals surface area (Å²) in [6.07, 6.45) is -3.34. The highest BCUT2D eigenvalue weighted by Gasteiger charge is 2.39. The van der Waals surface area contributed by atoms with Gasteiger partial charge in [0, 0.05) is 34.2 Å². The Morgan fingerprint density at radius 3 is 2.67 bits per heavy atom. The average Bonchev–Trinajstić information content (AvgIpc) is 2.93. The summed E-state index contributed by atoms with van der Waals surface area (Å²) in [7, 11) is -2.70. The SMILES string of the molecule is CS(C)(=O)=Nc1cccc(C(F)(F)F)c1C1CC(C(=O)CCl)=NO1. The zero-order valence-electron chi connectivity index (χ0n) is 12.8. The molecule has 1 atom stereocenters. The molecule has 1 aromatic carbocycles. The summed E-state index contributed by atoms with van der Waals surface area (Å²) >= 11 is 5.43. The number of carbonyl (C=O) groups is 1. The first-order valence-corrected chi connectivity index (χ1v) is 9.58. The van der Waals surface area contributed by atoms with Gasteiger partial charge in [0.2, 0.25) is 0 Å². The van der Waals surface area contributed by atoms with E-state index in [2.05, 4.69) is 9.52 Å². The number of hydrogen-bond acceptors (Lipinski definition) is 5. The fourth-order valence-corrected chi connectivity index (χ4v) is 3.02. The first-order chi connectivity index (χ1) is 11.0. The third-order valence-electron chi connectivity index (χ3n) is 3.14. The molecule has 132 valence electrons. The lowest BCUT2D eigenvalue weighted by molar-refractivity contribution is -0.139. The molecule has 0 radical (unpaired) electrons. The molecule has 0 saturated heterocycles. The Labute approximate surface area is 142 Å². The van der Waals surface area contributed by atoms with Crippen LogP contribution in [0.5, 0.6) is 0 Å². The number of oxime groups is 1. The van der Waals surface area contributed by atoms with Crippen LogP contribution in [0.3, 0.4) is 0 Å². The minimum Gasteiger partial charge on any atom is -0.387 e. The van der Waals surface area contributed by atoms with Crippen molar-refractivity contribution in [1.29, 1.82) is 0 Å². The van der Waals surface area contributed by atoms with E-state index in [4.69, 9.17) is 16.4 Å². The van der Waals surface area contributed by atoms with Gasteiger partial charge in [0.15, 0.2) is 11.9 Å². The van der Waals surface area contributed by atoms with Crippen LogP contribution in [0.25, 0.3) is 0 Å². The van der Waals surface area contributed by atoms with Crippen LogP contribution in [0.2, 0.25) is 0 Å². The summed E-state index contributed by atoms with van der Waals surface area (Å²) in [6.45, 7) is 0. The van der Waals surface area contributed by atoms with Crippen LogP contribution in [-0.2, 0) is 25.5 Å². The maximum absolute atomic E-state index is 13.3. The first kappa shape index (κ1) is 18.7. The van der Waals surface area contributed by atoms with Crippen molar-refractivity contribution in [3.63, 3.8) is 0 Å². The Balaban J connectivity index is 2.56. The lowest BCUT2D eigenvalue weighted by Gasteiger charge is -2.18. The maximum atomic E-state index is 13.3. The average molecular weight is 383 g/mol. The predicted octanol–water partition coefficient (Wildman–Crippen LogP) is 3.69. The van der Waals surface area contributed by atoms with E-state index in [1.165, 1.54) is 24.6 Å². The molecule has 0 N–H and O–H groups in total. The van der Waals surface area contributed by atoms with E-state index < -0.39 is 33.4 Å². The summed E-state index contributed by atoms with van der Waals surface area (Å²) < 4.78 is 55.8. The number of carbonyl (C=O) groups excluding carboxylic acids is 1. The number of benzene rings is 1. The molecule has 0 aliphatic carbocycles. The van der Waals surface area contributed by atoms with Gasteiger partial charge in [0.05, 0.1) is 17.1 Å². The zero-order chi connectivity index (χ0) is 18.1. The normalized spacial score (nSPS) is 18.1. The smallest absolute Gasteiger partial charge is 0.387 e. The van der Waals surface area contributed by atoms with Crippen LogP contribution in [0, 0.1) is 0 Å². The van der Waals surface area contributed by atoms with Crippen LogP contribution < -0.4 is 0 Å². The van der Waals surface area contributed by atoms with Crippen LogP contribution >= 0.6 is 11.6 Å². The summed E-state index contributed by atoms with van der Waals surface area (Å²) in [5.74, 6) is -0.859. The second-order valence-corrected chi connectivity index (χ2v) is 8.21. The molecule has 1 heterocycles. The van der Waals surface area contributed by atoms with Crippen molar-refractivity contribution in [2.75, 3.05) is 18.4 Å². The number of nitrogens with zero attached hydrogens (tertiary/aromatic N) is 2. The standard InChI is InChI=1S/C14H14ClF3N2O3S/c1-24(2,22)20-9-5-3-4-8(14(16,17)18)13(9)12-6-10(19-23-12)11(21)7-15/h3-5,12H,6-7H2,1-2H3. The van der Waals surface area contributed by atoms with Crippen molar-refractivity contribution >= 4 is 38.5 Å². The van der Waals surface area contributed by atoms with E-state index in [1.807, 2.05) is 0 Å². The molecule has 1 aromatic rings. The Bertz CT molecular complexity index is 806. The van der Waals surface area contributed by atoms with Gasteiger partial charge in [-0.2, -0.15) is 17.5 Å². The number of Topliss-reactive ketones (excluding diaryl/α,β-unsaturated/α-hetero) is 1. The van der Waals surface area contributed by atoms with E-state index in [0.717, 1.165) is 6.07 Å². The van der Waals surface area contributed by atoms with Crippen molar-refractivity contribution < 1.29 is 27.0 Å². The Kier molecular flexibility index (Phi) is 5.24. The van der Waals surface area contributed by atoms with Crippen molar-refractivity contribution in [3.8, 4) is 0 Å². The molecule has 0 bridgehead atoms. The van der Waals surface area contributed by atoms with Crippen LogP contribution in [0.15, 0.2) is 27.7 Å². The van der Waals surface area contributed by atoms with Gasteiger partial charge >= 0.3 is 6.18 Å². The Hall–Kier alpha value is -1.61. The van der Waals surface area contributed by atoms with Crippen molar-refractivity contribution in [1.82, 2.24) is 0 Å². The van der Waals surface area contributed by atoms with Crippen LogP contribution in [0.1, 0.15) is 23.7 Å². The van der Waals surface area contributed by atoms with Gasteiger partial charge in [-0.05, 0) is 12.1 Å². The topological polar surface area (TPSA) is 68.1 Å². The third kappa shape index (κ3) is 4.27. The second kappa shape index (κ2) is 6.72. The molecule has 2 rings (SSSR count). The summed E-state index contributed by atoms with van der Waals surface area (Å²) in [5, 5.41) is 3.53. The van der Waals surface area contributed by atoms with Gasteiger partial charge in [-0.3, -0.25) is 4.79 Å². The molecular formula is C14H14ClF3N2O3S. The second-order valence-electron chi connectivity index (χ2n) is 5.40. The van der Waals surface area contributed by atoms with E-state index >= 15 is 0 Å². The molecule has 10 heteroatoms. The summed E-state index contributed by atoms with van der Waals surface area (Å²) in [4.78, 5) is 16.6. The highest BCUT2D eigenvalue weighted by atomic mass is 35.5. The summed E-state index contributed by atoms with van der Waals surface area (Å²) in [5.41, 5.74) is -1.39. The molecular weight excluding hydrogens is 369 g/mol. The van der Waals surface area contributed by atoms with Gasteiger partial charge in [-0.15, -0.1) is 11.6 Å². The van der Waals surface area contributed by atoms with Crippen molar-refractivity contribution in [3.05, 3.63) is 29.3 Å². The van der Waals surface area contributed by atoms with Gasteiger partial charge < -0.3 is 4.84 Å². The van der Waals surface area contributed by atoms with Gasteiger partial charge in [0.25, 0.3) is 0 Å². The Morgan fingerprint density at radius 2 is 2.12 bits per heavy atom. The number of rotatable bonds is 4. The van der Waals surface area contributed by atoms with E-state index in [9.17, 15) is 22.2 Å². The highest BCUT2D eigenvalue weighted by Crippen LogP contribution is 2.43. The zero-order valence-corrected chi connectivity index (χ0v) is 14.3. The minimum absolute atomic E-state index is 0.0355.